The van der Waals surface area contributed by atoms with Gasteiger partial charge in [0.25, 0.3) is 0 Å². The molecule has 1 aromatic heterocycles. The Hall–Kier alpha value is -3.03. The van der Waals surface area contributed by atoms with E-state index in [1.165, 1.54) is 0 Å². The molecule has 1 fully saturated rings. The topological polar surface area (TPSA) is 68.6 Å². The maximum atomic E-state index is 13.1. The predicted octanol–water partition coefficient (Wildman–Crippen LogP) is 5.73. The van der Waals surface area contributed by atoms with Crippen LogP contribution in [0.4, 0.5) is 4.79 Å². The summed E-state index contributed by atoms with van der Waals surface area (Å²) in [7, 11) is 0. The third kappa shape index (κ3) is 5.90. The Labute approximate surface area is 205 Å². The summed E-state index contributed by atoms with van der Waals surface area (Å²) >= 11 is 6.07. The summed E-state index contributed by atoms with van der Waals surface area (Å²) in [5.41, 5.74) is 2.53. The molecular weight excluding hydrogens is 452 g/mol. The number of hydrogen-bond donors (Lipinski definition) is 1. The molecule has 0 radical (unpaired) electrons. The van der Waals surface area contributed by atoms with E-state index in [9.17, 15) is 4.79 Å². The number of urea groups is 1. The van der Waals surface area contributed by atoms with Crippen LogP contribution in [-0.2, 0) is 11.3 Å². The maximum absolute atomic E-state index is 13.1. The smallest absolute Gasteiger partial charge is 0.317 e. The van der Waals surface area contributed by atoms with Gasteiger partial charge in [0.2, 0.25) is 5.88 Å². The summed E-state index contributed by atoms with van der Waals surface area (Å²) in [5, 5.41) is 8.42. The van der Waals surface area contributed by atoms with Crippen LogP contribution in [-0.4, -0.2) is 46.5 Å². The number of aryl methyl sites for hydroxylation is 1. The van der Waals surface area contributed by atoms with Crippen molar-refractivity contribution in [2.75, 3.05) is 19.7 Å². The lowest BCUT2D eigenvalue weighted by molar-refractivity contribution is 0.0793. The van der Waals surface area contributed by atoms with Crippen LogP contribution < -0.4 is 10.1 Å². The second kappa shape index (κ2) is 11.4. The van der Waals surface area contributed by atoms with Crippen molar-refractivity contribution in [2.45, 2.75) is 45.8 Å². The van der Waals surface area contributed by atoms with Crippen molar-refractivity contribution in [1.82, 2.24) is 20.0 Å². The van der Waals surface area contributed by atoms with Crippen LogP contribution in [0.5, 0.6) is 11.6 Å². The third-order valence-electron chi connectivity index (χ3n) is 5.78. The summed E-state index contributed by atoms with van der Waals surface area (Å²) in [6, 6.07) is 16.9. The van der Waals surface area contributed by atoms with Gasteiger partial charge in [0.15, 0.2) is 0 Å². The molecule has 34 heavy (non-hydrogen) atoms. The molecular formula is C26H31ClN4O3. The Balaban J connectivity index is 1.69. The molecule has 0 saturated carbocycles. The standard InChI is InChI=1S/C26H31ClN4O3/c1-3-15-28-26(32)30(17-23-10-7-16-33-23)18-24-19(2)29-31(21-8-5-4-6-9-21)25(24)34-22-13-11-20(27)12-14-22/h4-6,8-9,11-14,23H,3,7,10,15-18H2,1-2H3,(H,28,32). The van der Waals surface area contributed by atoms with Gasteiger partial charge in [0.05, 0.1) is 29.6 Å². The normalized spacial score (nSPS) is 15.3. The molecule has 1 aliphatic rings. The number of ether oxygens (including phenoxy) is 2. The first-order chi connectivity index (χ1) is 16.5. The van der Waals surface area contributed by atoms with Gasteiger partial charge in [0.1, 0.15) is 5.75 Å². The lowest BCUT2D eigenvalue weighted by Crippen LogP contribution is -2.43. The van der Waals surface area contributed by atoms with Crippen molar-refractivity contribution in [3.8, 4) is 17.3 Å². The van der Waals surface area contributed by atoms with Gasteiger partial charge in [0, 0.05) is 24.7 Å². The largest absolute Gasteiger partial charge is 0.439 e. The van der Waals surface area contributed by atoms with E-state index in [-0.39, 0.29) is 12.1 Å². The second-order valence-electron chi connectivity index (χ2n) is 8.42. The Kier molecular flexibility index (Phi) is 8.08. The van der Waals surface area contributed by atoms with Crippen LogP contribution >= 0.6 is 11.6 Å². The third-order valence-corrected chi connectivity index (χ3v) is 6.03. The van der Waals surface area contributed by atoms with Crippen LogP contribution in [0, 0.1) is 6.92 Å². The molecule has 2 amide bonds. The predicted molar refractivity (Wildman–Crippen MR) is 133 cm³/mol. The molecule has 0 bridgehead atoms. The van der Waals surface area contributed by atoms with Crippen molar-refractivity contribution in [2.24, 2.45) is 0 Å². The summed E-state index contributed by atoms with van der Waals surface area (Å²) < 4.78 is 14.0. The zero-order valence-electron chi connectivity index (χ0n) is 19.7. The van der Waals surface area contributed by atoms with E-state index in [1.807, 2.05) is 56.3 Å². The number of carbonyl (C=O) groups is 1. The highest BCUT2D eigenvalue weighted by Crippen LogP contribution is 2.32. The van der Waals surface area contributed by atoms with Gasteiger partial charge in [-0.1, -0.05) is 36.7 Å². The highest BCUT2D eigenvalue weighted by molar-refractivity contribution is 6.30. The number of nitrogens with one attached hydrogen (secondary N) is 1. The van der Waals surface area contributed by atoms with E-state index in [4.69, 9.17) is 26.2 Å². The first-order valence-electron chi connectivity index (χ1n) is 11.8. The summed E-state index contributed by atoms with van der Waals surface area (Å²) in [4.78, 5) is 14.9. The van der Waals surface area contributed by atoms with Crippen LogP contribution in [0.3, 0.4) is 0 Å². The number of nitrogens with zero attached hydrogens (tertiary/aromatic N) is 3. The molecule has 0 spiro atoms. The molecule has 1 atom stereocenters. The SMILES string of the molecule is CCCNC(=O)N(Cc1c(C)nn(-c2ccccc2)c1Oc1ccc(Cl)cc1)CC1CCCO1. The lowest BCUT2D eigenvalue weighted by Gasteiger charge is -2.26. The summed E-state index contributed by atoms with van der Waals surface area (Å²) in [6.45, 7) is 6.22. The molecule has 2 heterocycles. The first-order valence-corrected chi connectivity index (χ1v) is 12.1. The Morgan fingerprint density at radius 2 is 2.00 bits per heavy atom. The number of carbonyl (C=O) groups excluding carboxylic acids is 1. The number of rotatable bonds is 9. The summed E-state index contributed by atoms with van der Waals surface area (Å²) in [5.74, 6) is 1.22. The Morgan fingerprint density at radius 1 is 1.24 bits per heavy atom. The van der Waals surface area contributed by atoms with Crippen molar-refractivity contribution < 1.29 is 14.3 Å². The molecule has 4 rings (SSSR count). The first kappa shape index (κ1) is 24.1. The molecule has 1 N–H and O–H groups in total. The fourth-order valence-corrected chi connectivity index (χ4v) is 4.10. The number of halogens is 1. The molecule has 0 aliphatic carbocycles. The van der Waals surface area contributed by atoms with Crippen LogP contribution in [0.25, 0.3) is 5.69 Å². The van der Waals surface area contributed by atoms with Crippen LogP contribution in [0.2, 0.25) is 5.02 Å². The van der Waals surface area contributed by atoms with E-state index in [0.717, 1.165) is 42.8 Å². The summed E-state index contributed by atoms with van der Waals surface area (Å²) in [6.07, 6.45) is 2.88. The van der Waals surface area contributed by atoms with Gasteiger partial charge in [-0.05, 0) is 62.6 Å². The minimum Gasteiger partial charge on any atom is -0.439 e. The van der Waals surface area contributed by atoms with Crippen molar-refractivity contribution in [3.63, 3.8) is 0 Å². The fraction of sp³-hybridized carbons (Fsp3) is 0.385. The number of para-hydroxylation sites is 1. The molecule has 180 valence electrons. The highest BCUT2D eigenvalue weighted by atomic mass is 35.5. The van der Waals surface area contributed by atoms with Crippen molar-refractivity contribution in [3.05, 3.63) is 70.9 Å². The molecule has 1 unspecified atom stereocenters. The van der Waals surface area contributed by atoms with Gasteiger partial charge in [-0.25, -0.2) is 9.48 Å². The molecule has 1 aliphatic heterocycles. The average Bonchev–Trinajstić information content (AvgIpc) is 3.47. The number of aromatic nitrogens is 2. The fourth-order valence-electron chi connectivity index (χ4n) is 3.97. The minimum absolute atomic E-state index is 0.0393. The van der Waals surface area contributed by atoms with Crippen LogP contribution in [0.1, 0.15) is 37.4 Å². The van der Waals surface area contributed by atoms with Crippen molar-refractivity contribution in [1.29, 1.82) is 0 Å². The molecule has 2 aromatic carbocycles. The monoisotopic (exact) mass is 482 g/mol. The molecule has 1 saturated heterocycles. The van der Waals surface area contributed by atoms with Crippen LogP contribution in [0.15, 0.2) is 54.6 Å². The maximum Gasteiger partial charge on any atom is 0.317 e. The van der Waals surface area contributed by atoms with E-state index in [1.54, 1.807) is 21.7 Å². The van der Waals surface area contributed by atoms with E-state index >= 15 is 0 Å². The second-order valence-corrected chi connectivity index (χ2v) is 8.86. The molecule has 3 aromatic rings. The van der Waals surface area contributed by atoms with Gasteiger partial charge < -0.3 is 19.7 Å². The average molecular weight is 483 g/mol. The van der Waals surface area contributed by atoms with E-state index < -0.39 is 0 Å². The van der Waals surface area contributed by atoms with Gasteiger partial charge in [-0.15, -0.1) is 0 Å². The van der Waals surface area contributed by atoms with Gasteiger partial charge in [-0.2, -0.15) is 5.10 Å². The van der Waals surface area contributed by atoms with Gasteiger partial charge in [-0.3, -0.25) is 0 Å². The highest BCUT2D eigenvalue weighted by Gasteiger charge is 2.27. The number of hydrogen-bond acceptors (Lipinski definition) is 4. The Morgan fingerprint density at radius 3 is 2.68 bits per heavy atom. The van der Waals surface area contributed by atoms with E-state index in [0.29, 0.717) is 36.3 Å². The molecule has 7 nitrogen and oxygen atoms in total. The van der Waals surface area contributed by atoms with Gasteiger partial charge >= 0.3 is 6.03 Å². The van der Waals surface area contributed by atoms with E-state index in [2.05, 4.69) is 5.32 Å². The quantitative estimate of drug-likeness (QED) is 0.423. The minimum atomic E-state index is -0.110. The zero-order chi connectivity index (χ0) is 23.9. The number of amides is 2. The lowest BCUT2D eigenvalue weighted by atomic mass is 10.2. The Bertz CT molecular complexity index is 1080. The number of benzene rings is 2. The molecule has 8 heteroatoms. The van der Waals surface area contributed by atoms with Crippen molar-refractivity contribution >= 4 is 17.6 Å². The zero-order valence-corrected chi connectivity index (χ0v) is 20.4.